The first-order valence-electron chi connectivity index (χ1n) is 9.63. The van der Waals surface area contributed by atoms with E-state index in [-0.39, 0.29) is 11.9 Å². The number of nitrogens with one attached hydrogen (secondary N) is 5. The molecular weight excluding hydrogens is 349 g/mol. The summed E-state index contributed by atoms with van der Waals surface area (Å²) >= 11 is 0. The summed E-state index contributed by atoms with van der Waals surface area (Å²) in [6, 6.07) is 6.43. The van der Waals surface area contributed by atoms with Crippen molar-refractivity contribution in [2.75, 3.05) is 67.0 Å². The number of hydrogen-bond acceptors (Lipinski definition) is 2. The van der Waals surface area contributed by atoms with Crippen molar-refractivity contribution >= 4 is 11.8 Å². The second kappa shape index (κ2) is 10.3. The van der Waals surface area contributed by atoms with E-state index in [0.29, 0.717) is 13.1 Å². The number of hydrogen-bond donors (Lipinski definition) is 5. The van der Waals surface area contributed by atoms with Crippen LogP contribution in [0.4, 0.5) is 4.39 Å². The van der Waals surface area contributed by atoms with Crippen LogP contribution in [0.1, 0.15) is 11.6 Å². The second-order valence-electron chi connectivity index (χ2n) is 7.64. The van der Waals surface area contributed by atoms with Gasteiger partial charge in [-0.2, -0.15) is 0 Å². The van der Waals surface area contributed by atoms with Gasteiger partial charge in [-0.1, -0.05) is 12.1 Å². The van der Waals surface area contributed by atoms with Gasteiger partial charge in [0.15, 0.2) is 0 Å². The molecule has 1 aromatic carbocycles. The van der Waals surface area contributed by atoms with Crippen LogP contribution in [-0.4, -0.2) is 78.8 Å². The van der Waals surface area contributed by atoms with Crippen molar-refractivity contribution in [3.8, 4) is 0 Å². The first-order valence-corrected chi connectivity index (χ1v) is 9.63. The molecule has 8 heteroatoms. The summed E-state index contributed by atoms with van der Waals surface area (Å²) in [5.41, 5.74) is 0.975. The molecule has 1 saturated heterocycles. The first-order chi connectivity index (χ1) is 12.9. The Kier molecular flexibility index (Phi) is 8.15. The second-order valence-corrected chi connectivity index (χ2v) is 7.64. The lowest BCUT2D eigenvalue weighted by molar-refractivity contribution is -1.02. The van der Waals surface area contributed by atoms with Gasteiger partial charge in [0.05, 0.1) is 40.8 Å². The molecule has 1 fully saturated rings. The predicted octanol–water partition coefficient (Wildman–Crippen LogP) is -4.34. The normalized spacial score (nSPS) is 20.9. The Morgan fingerprint density at radius 1 is 1.07 bits per heavy atom. The Morgan fingerprint density at radius 3 is 2.26 bits per heavy atom. The van der Waals surface area contributed by atoms with E-state index >= 15 is 0 Å². The Bertz CT molecular complexity index is 615. The van der Waals surface area contributed by atoms with Gasteiger partial charge in [-0.15, -0.1) is 0 Å². The highest BCUT2D eigenvalue weighted by atomic mass is 19.1. The topological polar surface area (TPSA) is 71.5 Å². The molecule has 2 rings (SSSR count). The van der Waals surface area contributed by atoms with Gasteiger partial charge in [0.2, 0.25) is 0 Å². The molecule has 2 amide bonds. The number of carbonyl (C=O) groups is 2. The summed E-state index contributed by atoms with van der Waals surface area (Å²) in [7, 11) is 6.14. The molecule has 0 bridgehead atoms. The van der Waals surface area contributed by atoms with Crippen LogP contribution >= 0.6 is 0 Å². The zero-order valence-corrected chi connectivity index (χ0v) is 16.5. The van der Waals surface area contributed by atoms with Gasteiger partial charge in [-0.3, -0.25) is 9.59 Å². The summed E-state index contributed by atoms with van der Waals surface area (Å²) in [6.07, 6.45) is 0. The van der Waals surface area contributed by atoms with Crippen molar-refractivity contribution in [2.45, 2.75) is 6.04 Å². The van der Waals surface area contributed by atoms with E-state index in [2.05, 4.69) is 17.7 Å². The van der Waals surface area contributed by atoms with Gasteiger partial charge < -0.3 is 25.3 Å². The molecule has 1 atom stereocenters. The van der Waals surface area contributed by atoms with Crippen LogP contribution in [0.5, 0.6) is 0 Å². The number of amides is 2. The van der Waals surface area contributed by atoms with Gasteiger partial charge in [-0.05, 0) is 12.1 Å². The van der Waals surface area contributed by atoms with Crippen molar-refractivity contribution in [2.24, 2.45) is 0 Å². The highest BCUT2D eigenvalue weighted by Crippen LogP contribution is 2.10. The Balaban J connectivity index is 1.96. The zero-order valence-electron chi connectivity index (χ0n) is 16.5. The Morgan fingerprint density at radius 2 is 1.67 bits per heavy atom. The van der Waals surface area contributed by atoms with Crippen LogP contribution in [0.2, 0.25) is 0 Å². The molecule has 1 aliphatic rings. The maximum Gasteiger partial charge on any atom is 0.309 e. The van der Waals surface area contributed by atoms with Crippen LogP contribution in [0.15, 0.2) is 24.3 Å². The van der Waals surface area contributed by atoms with Crippen LogP contribution in [-0.2, 0) is 9.59 Å². The number of rotatable bonds is 7. The molecule has 0 aromatic heterocycles. The van der Waals surface area contributed by atoms with E-state index in [4.69, 9.17) is 0 Å². The fraction of sp³-hybridized carbons (Fsp3) is 0.579. The third-order valence-corrected chi connectivity index (χ3v) is 5.09. The molecule has 1 heterocycles. The largest absolute Gasteiger partial charge is 0.342 e. The lowest BCUT2D eigenvalue weighted by Crippen LogP contribution is -3.27. The van der Waals surface area contributed by atoms with E-state index in [0.717, 1.165) is 38.3 Å². The third-order valence-electron chi connectivity index (χ3n) is 5.09. The minimum Gasteiger partial charge on any atom is -0.342 e. The number of piperazine rings is 1. The average Bonchev–Trinajstić information content (AvgIpc) is 2.64. The molecule has 0 unspecified atom stereocenters. The first kappa shape index (κ1) is 21.3. The molecule has 1 aromatic rings. The number of benzene rings is 1. The van der Waals surface area contributed by atoms with Gasteiger partial charge in [0.25, 0.3) is 0 Å². The van der Waals surface area contributed by atoms with E-state index < -0.39 is 11.8 Å². The number of carbonyl (C=O) groups excluding carboxylic acids is 2. The maximum absolute atomic E-state index is 13.3. The van der Waals surface area contributed by atoms with Gasteiger partial charge in [0, 0.05) is 5.56 Å². The van der Waals surface area contributed by atoms with Gasteiger partial charge >= 0.3 is 11.8 Å². The molecule has 0 radical (unpaired) electrons. The Hall–Kier alpha value is -2.03. The van der Waals surface area contributed by atoms with Crippen molar-refractivity contribution < 1.29 is 28.7 Å². The lowest BCUT2D eigenvalue weighted by Gasteiger charge is -2.33. The molecule has 0 spiro atoms. The highest BCUT2D eigenvalue weighted by molar-refractivity contribution is 6.35. The smallest absolute Gasteiger partial charge is 0.309 e. The molecule has 0 saturated carbocycles. The molecule has 5 N–H and O–H groups in total. The van der Waals surface area contributed by atoms with E-state index in [9.17, 15) is 14.0 Å². The minimum absolute atomic E-state index is 0.00155. The lowest BCUT2D eigenvalue weighted by atomic mass is 10.0. The predicted molar refractivity (Wildman–Crippen MR) is 100 cm³/mol. The minimum atomic E-state index is -0.616. The third kappa shape index (κ3) is 6.89. The van der Waals surface area contributed by atoms with Crippen LogP contribution in [0.3, 0.4) is 0 Å². The zero-order chi connectivity index (χ0) is 19.8. The van der Waals surface area contributed by atoms with Crippen LogP contribution in [0, 0.1) is 5.82 Å². The number of likely N-dealkylation sites (N-methyl/N-ethyl adjacent to an activating group) is 2. The van der Waals surface area contributed by atoms with E-state index in [1.807, 2.05) is 14.1 Å². The number of quaternary nitrogens is 3. The summed E-state index contributed by atoms with van der Waals surface area (Å²) in [4.78, 5) is 28.1. The van der Waals surface area contributed by atoms with Gasteiger partial charge in [0.1, 0.15) is 38.0 Å². The van der Waals surface area contributed by atoms with Crippen LogP contribution < -0.4 is 25.3 Å². The van der Waals surface area contributed by atoms with E-state index in [1.54, 1.807) is 12.1 Å². The number of halogens is 1. The summed E-state index contributed by atoms with van der Waals surface area (Å²) < 4.78 is 13.3. The molecule has 0 aliphatic carbocycles. The molecule has 7 nitrogen and oxygen atoms in total. The average molecular weight is 383 g/mol. The summed E-state index contributed by atoms with van der Waals surface area (Å²) in [6.45, 7) is 5.62. The van der Waals surface area contributed by atoms with Crippen LogP contribution in [0.25, 0.3) is 0 Å². The molecule has 27 heavy (non-hydrogen) atoms. The van der Waals surface area contributed by atoms with Crippen molar-refractivity contribution in [1.29, 1.82) is 0 Å². The highest BCUT2D eigenvalue weighted by Gasteiger charge is 2.30. The fourth-order valence-electron chi connectivity index (χ4n) is 3.32. The summed E-state index contributed by atoms with van der Waals surface area (Å²) in [5.74, 6) is -1.50. The standard InChI is InChI=1S/C19H30FN5O2/c1-23(2)9-8-21-18(26)19(27)22-14-17(15-4-6-16(20)7-5-15)25-12-10-24(3)11-13-25/h4-7,17H,8-14H2,1-3H3,(H,21,26)(H,22,27)/p+3/t17-/m1/s1. The van der Waals surface area contributed by atoms with Crippen molar-refractivity contribution in [1.82, 2.24) is 10.6 Å². The van der Waals surface area contributed by atoms with Gasteiger partial charge in [-0.25, -0.2) is 4.39 Å². The monoisotopic (exact) mass is 382 g/mol. The molecule has 1 aliphatic heterocycles. The van der Waals surface area contributed by atoms with Crippen molar-refractivity contribution in [3.05, 3.63) is 35.6 Å². The Labute approximate surface area is 160 Å². The summed E-state index contributed by atoms with van der Waals surface area (Å²) in [5, 5.41) is 5.40. The van der Waals surface area contributed by atoms with E-state index in [1.165, 1.54) is 26.8 Å². The fourth-order valence-corrected chi connectivity index (χ4v) is 3.32. The molecule has 150 valence electrons. The molecular formula is C19H33FN5O2+3. The van der Waals surface area contributed by atoms with Crippen molar-refractivity contribution in [3.63, 3.8) is 0 Å². The quantitative estimate of drug-likeness (QED) is 0.310. The maximum atomic E-state index is 13.3. The SMILES string of the molecule is C[NH+](C)CCNC(=O)C(=O)NC[C@H](c1ccc(F)cc1)[NH+]1CC[NH+](C)CC1.